The highest BCUT2D eigenvalue weighted by Crippen LogP contribution is 2.34. The van der Waals surface area contributed by atoms with E-state index >= 15 is 0 Å². The molecule has 3 rings (SSSR count). The van der Waals surface area contributed by atoms with Gasteiger partial charge < -0.3 is 4.90 Å². The van der Waals surface area contributed by atoms with Crippen LogP contribution in [0.25, 0.3) is 0 Å². The average molecular weight is 346 g/mol. The van der Waals surface area contributed by atoms with Crippen molar-refractivity contribution in [1.82, 2.24) is 0 Å². The van der Waals surface area contributed by atoms with Gasteiger partial charge in [-0.05, 0) is 44.0 Å². The van der Waals surface area contributed by atoms with Crippen molar-refractivity contribution in [1.29, 1.82) is 0 Å². The maximum absolute atomic E-state index is 13.1. The number of benzene rings is 2. The monoisotopic (exact) mass is 346 g/mol. The summed E-state index contributed by atoms with van der Waals surface area (Å²) < 4.78 is 39.3. The van der Waals surface area contributed by atoms with Gasteiger partial charge in [-0.2, -0.15) is 13.2 Å². The molecule has 2 aromatic rings. The van der Waals surface area contributed by atoms with E-state index in [1.165, 1.54) is 12.1 Å². The quantitative estimate of drug-likeness (QED) is 0.698. The Hall–Kier alpha value is -2.30. The van der Waals surface area contributed by atoms with Crippen LogP contribution in [0.15, 0.2) is 59.6 Å². The lowest BCUT2D eigenvalue weighted by molar-refractivity contribution is -0.137. The number of alkyl halides is 3. The number of amidine groups is 1. The van der Waals surface area contributed by atoms with E-state index in [1.54, 1.807) is 6.07 Å². The minimum absolute atomic E-state index is 0.175. The summed E-state index contributed by atoms with van der Waals surface area (Å²) in [6, 6.07) is 15.2. The molecule has 0 N–H and O–H groups in total. The van der Waals surface area contributed by atoms with Gasteiger partial charge in [0.1, 0.15) is 5.84 Å². The first-order valence-electron chi connectivity index (χ1n) is 8.32. The molecule has 0 fully saturated rings. The highest BCUT2D eigenvalue weighted by molar-refractivity contribution is 5.99. The van der Waals surface area contributed by atoms with E-state index in [4.69, 9.17) is 4.99 Å². The van der Waals surface area contributed by atoms with Crippen molar-refractivity contribution >= 4 is 11.5 Å². The summed E-state index contributed by atoms with van der Waals surface area (Å²) in [5.74, 6) is 0.841. The van der Waals surface area contributed by atoms with Gasteiger partial charge in [0.05, 0.1) is 11.1 Å². The Morgan fingerprint density at radius 1 is 1.04 bits per heavy atom. The van der Waals surface area contributed by atoms with Gasteiger partial charge in [-0.1, -0.05) is 36.4 Å². The van der Waals surface area contributed by atoms with Crippen LogP contribution in [-0.4, -0.2) is 11.4 Å². The molecule has 1 heterocycles. The highest BCUT2D eigenvalue weighted by Gasteiger charge is 2.32. The van der Waals surface area contributed by atoms with Gasteiger partial charge in [-0.3, -0.25) is 4.99 Å². The van der Waals surface area contributed by atoms with Crippen molar-refractivity contribution < 1.29 is 13.2 Å². The number of hydrogen-bond acceptors (Lipinski definition) is 2. The van der Waals surface area contributed by atoms with E-state index in [0.717, 1.165) is 30.3 Å². The summed E-state index contributed by atoms with van der Waals surface area (Å²) in [4.78, 5) is 6.65. The molecule has 0 saturated heterocycles. The first-order chi connectivity index (χ1) is 11.7. The lowest BCUT2D eigenvalue weighted by atomic mass is 10.0. The number of rotatable bonds is 3. The predicted octanol–water partition coefficient (Wildman–Crippen LogP) is 5.68. The summed E-state index contributed by atoms with van der Waals surface area (Å²) in [7, 11) is 0. The average Bonchev–Trinajstić information content (AvgIpc) is 2.93. The third kappa shape index (κ3) is 4.21. The summed E-state index contributed by atoms with van der Waals surface area (Å²) in [6.07, 6.45) is -2.70. The first kappa shape index (κ1) is 17.5. The number of aliphatic imine (C=N–C) groups is 1. The van der Waals surface area contributed by atoms with Crippen LogP contribution in [0.2, 0.25) is 0 Å². The minimum Gasteiger partial charge on any atom is -0.326 e. The third-order valence-electron chi connectivity index (χ3n) is 4.37. The first-order valence-corrected chi connectivity index (χ1v) is 8.32. The predicted molar refractivity (Wildman–Crippen MR) is 94.8 cm³/mol. The highest BCUT2D eigenvalue weighted by atomic mass is 19.4. The molecule has 25 heavy (non-hydrogen) atoms. The van der Waals surface area contributed by atoms with Crippen LogP contribution in [-0.2, 0) is 12.7 Å². The Morgan fingerprint density at radius 2 is 1.76 bits per heavy atom. The fourth-order valence-corrected chi connectivity index (χ4v) is 3.02. The van der Waals surface area contributed by atoms with Crippen molar-refractivity contribution in [2.24, 2.45) is 4.99 Å². The Kier molecular flexibility index (Phi) is 4.58. The van der Waals surface area contributed by atoms with Crippen molar-refractivity contribution in [2.75, 3.05) is 4.90 Å². The van der Waals surface area contributed by atoms with E-state index in [1.807, 2.05) is 49.1 Å². The number of halogens is 3. The second kappa shape index (κ2) is 6.54. The van der Waals surface area contributed by atoms with Gasteiger partial charge >= 0.3 is 6.18 Å². The minimum atomic E-state index is -4.36. The molecule has 0 saturated carbocycles. The topological polar surface area (TPSA) is 15.6 Å². The molecule has 132 valence electrons. The Morgan fingerprint density at radius 3 is 2.36 bits per heavy atom. The zero-order chi connectivity index (χ0) is 18.1. The maximum atomic E-state index is 13.1. The van der Waals surface area contributed by atoms with Crippen molar-refractivity contribution in [3.05, 3.63) is 65.7 Å². The summed E-state index contributed by atoms with van der Waals surface area (Å²) in [5, 5.41) is 0. The van der Waals surface area contributed by atoms with Gasteiger partial charge in [-0.15, -0.1) is 0 Å². The van der Waals surface area contributed by atoms with E-state index in [2.05, 4.69) is 0 Å². The van der Waals surface area contributed by atoms with Crippen molar-refractivity contribution in [2.45, 2.75) is 44.9 Å². The molecule has 0 aromatic heterocycles. The SMILES string of the molecule is CC1(C)CCC(N(Cc2ccccc2)c2cccc(C(F)(F)F)c2)=N1. The summed E-state index contributed by atoms with van der Waals surface area (Å²) >= 11 is 0. The fraction of sp³-hybridized carbons (Fsp3) is 0.350. The van der Waals surface area contributed by atoms with Gasteiger partial charge in [0.15, 0.2) is 0 Å². The molecule has 0 aliphatic carbocycles. The molecule has 0 spiro atoms. The Balaban J connectivity index is 2.00. The lowest BCUT2D eigenvalue weighted by Crippen LogP contribution is -2.29. The second-order valence-electron chi connectivity index (χ2n) is 6.96. The Labute approximate surface area is 146 Å². The van der Waals surface area contributed by atoms with E-state index < -0.39 is 11.7 Å². The summed E-state index contributed by atoms with van der Waals surface area (Å²) in [6.45, 7) is 4.59. The molecule has 0 radical (unpaired) electrons. The van der Waals surface area contributed by atoms with Gasteiger partial charge in [0, 0.05) is 18.7 Å². The standard InChI is InChI=1S/C20H21F3N2/c1-19(2)12-11-18(24-19)25(14-15-7-4-3-5-8-15)17-10-6-9-16(13-17)20(21,22)23/h3-10,13H,11-12,14H2,1-2H3. The zero-order valence-corrected chi connectivity index (χ0v) is 14.3. The van der Waals surface area contributed by atoms with E-state index in [-0.39, 0.29) is 5.54 Å². The van der Waals surface area contributed by atoms with Crippen LogP contribution in [0.5, 0.6) is 0 Å². The molecule has 0 unspecified atom stereocenters. The largest absolute Gasteiger partial charge is 0.416 e. The van der Waals surface area contributed by atoms with Crippen LogP contribution in [0, 0.1) is 0 Å². The van der Waals surface area contributed by atoms with Crippen molar-refractivity contribution in [3.8, 4) is 0 Å². The fourth-order valence-electron chi connectivity index (χ4n) is 3.02. The normalized spacial score (nSPS) is 16.6. The molecular formula is C20H21F3N2. The zero-order valence-electron chi connectivity index (χ0n) is 14.3. The molecule has 2 aromatic carbocycles. The van der Waals surface area contributed by atoms with E-state index in [9.17, 15) is 13.2 Å². The van der Waals surface area contributed by atoms with Crippen LogP contribution >= 0.6 is 0 Å². The molecule has 5 heteroatoms. The number of anilines is 1. The van der Waals surface area contributed by atoms with Crippen LogP contribution < -0.4 is 4.90 Å². The van der Waals surface area contributed by atoms with Crippen LogP contribution in [0.4, 0.5) is 18.9 Å². The third-order valence-corrected chi connectivity index (χ3v) is 4.37. The number of nitrogens with zero attached hydrogens (tertiary/aromatic N) is 2. The molecule has 0 amide bonds. The maximum Gasteiger partial charge on any atom is 0.416 e. The molecule has 1 aliphatic heterocycles. The van der Waals surface area contributed by atoms with Gasteiger partial charge in [0.25, 0.3) is 0 Å². The molecule has 1 aliphatic rings. The number of hydrogen-bond donors (Lipinski definition) is 0. The van der Waals surface area contributed by atoms with Gasteiger partial charge in [0.2, 0.25) is 0 Å². The van der Waals surface area contributed by atoms with Crippen LogP contribution in [0.1, 0.15) is 37.8 Å². The lowest BCUT2D eigenvalue weighted by Gasteiger charge is -2.26. The molecule has 2 nitrogen and oxygen atoms in total. The molecule has 0 atom stereocenters. The molecule has 0 bridgehead atoms. The smallest absolute Gasteiger partial charge is 0.326 e. The van der Waals surface area contributed by atoms with E-state index in [0.29, 0.717) is 12.2 Å². The summed E-state index contributed by atoms with van der Waals surface area (Å²) in [5.41, 5.74) is 0.745. The van der Waals surface area contributed by atoms with Crippen LogP contribution in [0.3, 0.4) is 0 Å². The second-order valence-corrected chi connectivity index (χ2v) is 6.96. The molecular weight excluding hydrogens is 325 g/mol. The van der Waals surface area contributed by atoms with Gasteiger partial charge in [-0.25, -0.2) is 0 Å². The Bertz CT molecular complexity index is 764. The van der Waals surface area contributed by atoms with Crippen molar-refractivity contribution in [3.63, 3.8) is 0 Å².